The van der Waals surface area contributed by atoms with Gasteiger partial charge in [0.05, 0.1) is 0 Å². The van der Waals surface area contributed by atoms with Crippen LogP contribution in [0.5, 0.6) is 0 Å². The maximum absolute atomic E-state index is 10.8. The average Bonchev–Trinajstić information content (AvgIpc) is 2.34. The van der Waals surface area contributed by atoms with Crippen LogP contribution in [0.1, 0.15) is 26.0 Å². The Balaban J connectivity index is 2.56. The van der Waals surface area contributed by atoms with Crippen molar-refractivity contribution in [3.8, 4) is 0 Å². The molecule has 0 fully saturated rings. The molecule has 3 heteroatoms. The normalized spacial score (nSPS) is 11.5. The van der Waals surface area contributed by atoms with E-state index in [0.717, 1.165) is 12.1 Å². The van der Waals surface area contributed by atoms with Crippen molar-refractivity contribution >= 4 is 5.91 Å². The second-order valence-electron chi connectivity index (χ2n) is 4.18. The zero-order chi connectivity index (χ0) is 9.90. The summed E-state index contributed by atoms with van der Waals surface area (Å²) in [5.74, 6) is -0.239. The van der Waals surface area contributed by atoms with Gasteiger partial charge in [0.25, 0.3) is 0 Å². The summed E-state index contributed by atoms with van der Waals surface area (Å²) in [5, 5.41) is 0. The minimum atomic E-state index is -0.239. The summed E-state index contributed by atoms with van der Waals surface area (Å²) >= 11 is 0. The third kappa shape index (κ3) is 3.32. The van der Waals surface area contributed by atoms with Gasteiger partial charge in [0.2, 0.25) is 5.91 Å². The van der Waals surface area contributed by atoms with E-state index in [4.69, 9.17) is 5.73 Å². The van der Waals surface area contributed by atoms with Gasteiger partial charge in [0.15, 0.2) is 0 Å². The largest absolute Gasteiger partial charge is 0.370 e. The molecule has 0 aromatic carbocycles. The third-order valence-electron chi connectivity index (χ3n) is 1.98. The number of rotatable bonds is 4. The van der Waals surface area contributed by atoms with E-state index in [2.05, 4.69) is 4.98 Å². The average molecular weight is 180 g/mol. The number of H-pyrrole nitrogens is 1. The van der Waals surface area contributed by atoms with Gasteiger partial charge in [0.1, 0.15) is 0 Å². The first-order valence-corrected chi connectivity index (χ1v) is 4.40. The number of carbonyl (C=O) groups excluding carboxylic acids is 1. The number of hydrogen-bond acceptors (Lipinski definition) is 1. The van der Waals surface area contributed by atoms with Gasteiger partial charge in [0, 0.05) is 18.3 Å². The Bertz CT molecular complexity index is 275. The summed E-state index contributed by atoms with van der Waals surface area (Å²) < 4.78 is 0. The van der Waals surface area contributed by atoms with Gasteiger partial charge in [-0.05, 0) is 24.0 Å². The van der Waals surface area contributed by atoms with Crippen LogP contribution in [0.25, 0.3) is 0 Å². The van der Waals surface area contributed by atoms with Crippen molar-refractivity contribution in [2.75, 3.05) is 0 Å². The second-order valence-corrected chi connectivity index (χ2v) is 4.18. The molecular weight excluding hydrogens is 164 g/mol. The molecule has 1 heterocycles. The van der Waals surface area contributed by atoms with Crippen LogP contribution in [0, 0.1) is 5.41 Å². The molecule has 0 bridgehead atoms. The van der Waals surface area contributed by atoms with Crippen LogP contribution in [0.4, 0.5) is 0 Å². The smallest absolute Gasteiger partial charge is 0.217 e. The first-order valence-electron chi connectivity index (χ1n) is 4.40. The summed E-state index contributed by atoms with van der Waals surface area (Å²) in [4.78, 5) is 13.9. The molecule has 3 nitrogen and oxygen atoms in total. The molecule has 0 radical (unpaired) electrons. The highest BCUT2D eigenvalue weighted by molar-refractivity contribution is 5.74. The van der Waals surface area contributed by atoms with Gasteiger partial charge in [-0.25, -0.2) is 0 Å². The predicted octanol–water partition coefficient (Wildman–Crippen LogP) is 1.46. The summed E-state index contributed by atoms with van der Waals surface area (Å²) in [6.07, 6.45) is 3.16. The first kappa shape index (κ1) is 9.84. The highest BCUT2D eigenvalue weighted by atomic mass is 16.1. The van der Waals surface area contributed by atoms with E-state index >= 15 is 0 Å². The third-order valence-corrected chi connectivity index (χ3v) is 1.98. The molecule has 0 unspecified atom stereocenters. The fourth-order valence-corrected chi connectivity index (χ4v) is 1.53. The van der Waals surface area contributed by atoms with E-state index in [-0.39, 0.29) is 11.3 Å². The Morgan fingerprint density at radius 3 is 2.77 bits per heavy atom. The van der Waals surface area contributed by atoms with Crippen molar-refractivity contribution in [2.24, 2.45) is 11.1 Å². The lowest BCUT2D eigenvalue weighted by Gasteiger charge is -2.21. The lowest BCUT2D eigenvalue weighted by molar-refractivity contribution is -0.119. The Kier molecular flexibility index (Phi) is 2.76. The van der Waals surface area contributed by atoms with Gasteiger partial charge in [-0.15, -0.1) is 0 Å². The lowest BCUT2D eigenvalue weighted by atomic mass is 9.84. The molecule has 0 aliphatic carbocycles. The Morgan fingerprint density at radius 1 is 1.62 bits per heavy atom. The summed E-state index contributed by atoms with van der Waals surface area (Å²) in [6, 6.07) is 3.97. The molecule has 0 atom stereocenters. The van der Waals surface area contributed by atoms with E-state index in [1.54, 1.807) is 0 Å². The number of amides is 1. The van der Waals surface area contributed by atoms with Gasteiger partial charge >= 0.3 is 0 Å². The highest BCUT2D eigenvalue weighted by Crippen LogP contribution is 2.24. The zero-order valence-electron chi connectivity index (χ0n) is 8.13. The topological polar surface area (TPSA) is 58.9 Å². The molecule has 1 amide bonds. The molecule has 3 N–H and O–H groups in total. The number of nitrogens with two attached hydrogens (primary N) is 1. The van der Waals surface area contributed by atoms with Crippen LogP contribution in [0.2, 0.25) is 0 Å². The molecule has 72 valence electrons. The minimum absolute atomic E-state index is 0.0588. The van der Waals surface area contributed by atoms with E-state index in [1.807, 2.05) is 32.2 Å². The van der Waals surface area contributed by atoms with Crippen molar-refractivity contribution in [1.82, 2.24) is 4.98 Å². The van der Waals surface area contributed by atoms with E-state index in [9.17, 15) is 4.79 Å². The quantitative estimate of drug-likeness (QED) is 0.724. The van der Waals surface area contributed by atoms with Gasteiger partial charge in [-0.1, -0.05) is 13.8 Å². The Labute approximate surface area is 78.3 Å². The molecular formula is C10H16N2O. The number of nitrogens with one attached hydrogen (secondary N) is 1. The van der Waals surface area contributed by atoms with Crippen molar-refractivity contribution in [1.29, 1.82) is 0 Å². The van der Waals surface area contributed by atoms with E-state index < -0.39 is 0 Å². The maximum atomic E-state index is 10.8. The van der Waals surface area contributed by atoms with E-state index in [1.165, 1.54) is 0 Å². The SMILES string of the molecule is CC(C)(CC(N)=O)Cc1ccc[nH]1. The highest BCUT2D eigenvalue weighted by Gasteiger charge is 2.21. The van der Waals surface area contributed by atoms with Crippen LogP contribution in [0.3, 0.4) is 0 Å². The van der Waals surface area contributed by atoms with Crippen molar-refractivity contribution in [3.63, 3.8) is 0 Å². The number of aromatic nitrogens is 1. The number of hydrogen-bond donors (Lipinski definition) is 2. The summed E-state index contributed by atoms with van der Waals surface area (Å²) in [7, 11) is 0. The predicted molar refractivity (Wildman–Crippen MR) is 52.1 cm³/mol. The standard InChI is InChI=1S/C10H16N2O/c1-10(2,7-9(11)13)6-8-4-3-5-12-8/h3-5,12H,6-7H2,1-2H3,(H2,11,13). The number of primary amides is 1. The van der Waals surface area contributed by atoms with Crippen molar-refractivity contribution in [2.45, 2.75) is 26.7 Å². The van der Waals surface area contributed by atoms with Gasteiger partial charge in [-0.2, -0.15) is 0 Å². The maximum Gasteiger partial charge on any atom is 0.217 e. The van der Waals surface area contributed by atoms with Crippen LogP contribution < -0.4 is 5.73 Å². The molecule has 0 aliphatic rings. The minimum Gasteiger partial charge on any atom is -0.370 e. The summed E-state index contributed by atoms with van der Waals surface area (Å²) in [5.41, 5.74) is 6.24. The van der Waals surface area contributed by atoms with E-state index in [0.29, 0.717) is 6.42 Å². The van der Waals surface area contributed by atoms with Crippen LogP contribution in [-0.4, -0.2) is 10.9 Å². The summed E-state index contributed by atoms with van der Waals surface area (Å²) in [6.45, 7) is 4.08. The molecule has 0 saturated heterocycles. The molecule has 13 heavy (non-hydrogen) atoms. The van der Waals surface area contributed by atoms with Gasteiger partial charge in [-0.3, -0.25) is 4.79 Å². The second kappa shape index (κ2) is 3.64. The fourth-order valence-electron chi connectivity index (χ4n) is 1.53. The van der Waals surface area contributed by atoms with Gasteiger partial charge < -0.3 is 10.7 Å². The van der Waals surface area contributed by atoms with Crippen LogP contribution in [0.15, 0.2) is 18.3 Å². The van der Waals surface area contributed by atoms with Crippen LogP contribution in [-0.2, 0) is 11.2 Å². The molecule has 1 aromatic heterocycles. The molecule has 0 aliphatic heterocycles. The number of aromatic amines is 1. The molecule has 0 saturated carbocycles. The number of carbonyl (C=O) groups is 1. The molecule has 1 aromatic rings. The fraction of sp³-hybridized carbons (Fsp3) is 0.500. The monoisotopic (exact) mass is 180 g/mol. The first-order chi connectivity index (χ1) is 5.99. The Morgan fingerprint density at radius 2 is 2.31 bits per heavy atom. The Hall–Kier alpha value is -1.25. The molecule has 0 spiro atoms. The zero-order valence-corrected chi connectivity index (χ0v) is 8.13. The molecule has 1 rings (SSSR count). The van der Waals surface area contributed by atoms with Crippen LogP contribution >= 0.6 is 0 Å². The van der Waals surface area contributed by atoms with Crippen molar-refractivity contribution in [3.05, 3.63) is 24.0 Å². The lowest BCUT2D eigenvalue weighted by Crippen LogP contribution is -2.24. The van der Waals surface area contributed by atoms with Crippen molar-refractivity contribution < 1.29 is 4.79 Å².